The van der Waals surface area contributed by atoms with Crippen LogP contribution >= 0.6 is 11.6 Å². The number of carbonyl (C=O) groups is 1. The second-order valence-electron chi connectivity index (χ2n) is 2.92. The largest absolute Gasteiger partial charge is 0.411 e. The Bertz CT molecular complexity index is 199. The molecular formula is C8H13ClF3NO2. The number of alkyl halides is 4. The Morgan fingerprint density at radius 2 is 2.07 bits per heavy atom. The molecule has 3 nitrogen and oxygen atoms in total. The van der Waals surface area contributed by atoms with Gasteiger partial charge in [-0.3, -0.25) is 4.79 Å². The van der Waals surface area contributed by atoms with E-state index in [0.29, 0.717) is 12.4 Å². The zero-order valence-electron chi connectivity index (χ0n) is 8.31. The van der Waals surface area contributed by atoms with E-state index >= 15 is 0 Å². The molecule has 90 valence electrons. The smallest absolute Gasteiger partial charge is 0.372 e. The van der Waals surface area contributed by atoms with E-state index < -0.39 is 12.8 Å². The first-order chi connectivity index (χ1) is 6.87. The first-order valence-corrected chi connectivity index (χ1v) is 4.84. The highest BCUT2D eigenvalue weighted by molar-refractivity contribution is 6.18. The van der Waals surface area contributed by atoms with Crippen molar-refractivity contribution in [2.45, 2.75) is 12.6 Å². The summed E-state index contributed by atoms with van der Waals surface area (Å²) in [7, 11) is 1.54. The van der Waals surface area contributed by atoms with Crippen molar-refractivity contribution in [1.29, 1.82) is 0 Å². The molecule has 0 bridgehead atoms. The van der Waals surface area contributed by atoms with E-state index in [1.807, 2.05) is 0 Å². The molecule has 0 heterocycles. The van der Waals surface area contributed by atoms with Crippen molar-refractivity contribution < 1.29 is 22.7 Å². The summed E-state index contributed by atoms with van der Waals surface area (Å²) in [6, 6.07) is 0. The number of carbonyl (C=O) groups excluding carboxylic acids is 1. The van der Waals surface area contributed by atoms with Crippen LogP contribution in [0.3, 0.4) is 0 Å². The second kappa shape index (κ2) is 6.90. The summed E-state index contributed by atoms with van der Waals surface area (Å²) in [5.74, 6) is 0.0175. The average molecular weight is 248 g/mol. The number of hydrogen-bond acceptors (Lipinski definition) is 2. The summed E-state index contributed by atoms with van der Waals surface area (Å²) >= 11 is 5.39. The lowest BCUT2D eigenvalue weighted by Crippen LogP contribution is -2.29. The molecule has 0 fully saturated rings. The van der Waals surface area contributed by atoms with Crippen molar-refractivity contribution in [2.24, 2.45) is 0 Å². The third-order valence-electron chi connectivity index (χ3n) is 1.57. The number of amides is 1. The van der Waals surface area contributed by atoms with Gasteiger partial charge in [-0.25, -0.2) is 0 Å². The molecule has 7 heteroatoms. The van der Waals surface area contributed by atoms with Crippen LogP contribution in [0, 0.1) is 0 Å². The molecule has 0 rings (SSSR count). The molecule has 0 aromatic rings. The number of ether oxygens (including phenoxy) is 1. The monoisotopic (exact) mass is 247 g/mol. The molecule has 0 radical (unpaired) electrons. The minimum atomic E-state index is -4.34. The van der Waals surface area contributed by atoms with Crippen molar-refractivity contribution in [3.8, 4) is 0 Å². The molecule has 0 aromatic heterocycles. The predicted octanol–water partition coefficient (Wildman–Crippen LogP) is 1.65. The maximum Gasteiger partial charge on any atom is 0.411 e. The Morgan fingerprint density at radius 3 is 2.53 bits per heavy atom. The van der Waals surface area contributed by atoms with E-state index in [9.17, 15) is 18.0 Å². The van der Waals surface area contributed by atoms with Crippen molar-refractivity contribution in [3.05, 3.63) is 0 Å². The normalized spacial score (nSPS) is 11.5. The van der Waals surface area contributed by atoms with Gasteiger partial charge in [0.05, 0.1) is 13.0 Å². The van der Waals surface area contributed by atoms with Crippen LogP contribution in [0.2, 0.25) is 0 Å². The summed E-state index contributed by atoms with van der Waals surface area (Å²) < 4.78 is 39.2. The van der Waals surface area contributed by atoms with Crippen LogP contribution in [0.4, 0.5) is 13.2 Å². The molecule has 1 amide bonds. The van der Waals surface area contributed by atoms with Gasteiger partial charge in [-0.15, -0.1) is 11.6 Å². The van der Waals surface area contributed by atoms with E-state index in [1.54, 1.807) is 0 Å². The SMILES string of the molecule is CN(CCCl)C(=O)CCOCC(F)(F)F. The van der Waals surface area contributed by atoms with E-state index in [0.717, 1.165) is 0 Å². The average Bonchev–Trinajstić information content (AvgIpc) is 2.11. The lowest BCUT2D eigenvalue weighted by atomic mass is 10.4. The molecule has 0 saturated heterocycles. The van der Waals surface area contributed by atoms with E-state index in [4.69, 9.17) is 11.6 Å². The Hall–Kier alpha value is -0.490. The fraction of sp³-hybridized carbons (Fsp3) is 0.875. The molecular weight excluding hydrogens is 235 g/mol. The van der Waals surface area contributed by atoms with E-state index in [1.165, 1.54) is 11.9 Å². The van der Waals surface area contributed by atoms with Gasteiger partial charge in [0.1, 0.15) is 6.61 Å². The van der Waals surface area contributed by atoms with Gasteiger partial charge in [0.2, 0.25) is 5.91 Å². The molecule has 0 aromatic carbocycles. The quantitative estimate of drug-likeness (QED) is 0.528. The van der Waals surface area contributed by atoms with Crippen LogP contribution in [0.15, 0.2) is 0 Å². The zero-order valence-corrected chi connectivity index (χ0v) is 9.07. The molecule has 15 heavy (non-hydrogen) atoms. The lowest BCUT2D eigenvalue weighted by molar-refractivity contribution is -0.175. The maximum atomic E-state index is 11.6. The van der Waals surface area contributed by atoms with Gasteiger partial charge < -0.3 is 9.64 Å². The fourth-order valence-electron chi connectivity index (χ4n) is 0.790. The summed E-state index contributed by atoms with van der Waals surface area (Å²) in [5.41, 5.74) is 0. The van der Waals surface area contributed by atoms with Crippen molar-refractivity contribution in [3.63, 3.8) is 0 Å². The summed E-state index contributed by atoms with van der Waals surface area (Å²) in [4.78, 5) is 12.5. The number of rotatable bonds is 6. The van der Waals surface area contributed by atoms with Crippen LogP contribution in [-0.2, 0) is 9.53 Å². The Balaban J connectivity index is 3.55. The zero-order chi connectivity index (χ0) is 11.9. The Morgan fingerprint density at radius 1 is 1.47 bits per heavy atom. The van der Waals surface area contributed by atoms with Gasteiger partial charge >= 0.3 is 6.18 Å². The summed E-state index contributed by atoms with van der Waals surface area (Å²) in [6.07, 6.45) is -4.41. The highest BCUT2D eigenvalue weighted by Crippen LogP contribution is 2.14. The molecule has 0 unspecified atom stereocenters. The topological polar surface area (TPSA) is 29.5 Å². The van der Waals surface area contributed by atoms with E-state index in [2.05, 4.69) is 4.74 Å². The van der Waals surface area contributed by atoms with Crippen LogP contribution in [0.25, 0.3) is 0 Å². The van der Waals surface area contributed by atoms with Crippen LogP contribution in [-0.4, -0.2) is 49.7 Å². The Labute approximate surface area is 91.1 Å². The molecule has 0 aliphatic rings. The standard InChI is InChI=1S/C8H13ClF3NO2/c1-13(4-3-9)7(14)2-5-15-6-8(10,11)12/h2-6H2,1H3. The highest BCUT2D eigenvalue weighted by atomic mass is 35.5. The lowest BCUT2D eigenvalue weighted by Gasteiger charge is -2.15. The maximum absolute atomic E-state index is 11.6. The minimum Gasteiger partial charge on any atom is -0.372 e. The minimum absolute atomic E-state index is 0.0660. The van der Waals surface area contributed by atoms with Crippen molar-refractivity contribution in [1.82, 2.24) is 4.90 Å². The van der Waals surface area contributed by atoms with Crippen LogP contribution in [0.5, 0.6) is 0 Å². The number of nitrogens with zero attached hydrogens (tertiary/aromatic N) is 1. The first-order valence-electron chi connectivity index (χ1n) is 4.31. The van der Waals surface area contributed by atoms with Gasteiger partial charge in [0, 0.05) is 19.5 Å². The van der Waals surface area contributed by atoms with Gasteiger partial charge in [-0.2, -0.15) is 13.2 Å². The van der Waals surface area contributed by atoms with Gasteiger partial charge in [0.15, 0.2) is 0 Å². The predicted molar refractivity (Wildman–Crippen MR) is 49.8 cm³/mol. The van der Waals surface area contributed by atoms with Crippen LogP contribution in [0.1, 0.15) is 6.42 Å². The van der Waals surface area contributed by atoms with Gasteiger partial charge in [0.25, 0.3) is 0 Å². The molecule has 0 saturated carbocycles. The van der Waals surface area contributed by atoms with Crippen molar-refractivity contribution in [2.75, 3.05) is 32.7 Å². The third-order valence-corrected chi connectivity index (χ3v) is 1.74. The highest BCUT2D eigenvalue weighted by Gasteiger charge is 2.27. The van der Waals surface area contributed by atoms with Crippen LogP contribution < -0.4 is 0 Å². The fourth-order valence-corrected chi connectivity index (χ4v) is 1.04. The van der Waals surface area contributed by atoms with Gasteiger partial charge in [-0.05, 0) is 0 Å². The van der Waals surface area contributed by atoms with Crippen molar-refractivity contribution >= 4 is 17.5 Å². The molecule has 0 aliphatic carbocycles. The Kier molecular flexibility index (Phi) is 6.67. The third kappa shape index (κ3) is 8.50. The van der Waals surface area contributed by atoms with Gasteiger partial charge in [-0.1, -0.05) is 0 Å². The molecule has 0 spiro atoms. The molecule has 0 aliphatic heterocycles. The first kappa shape index (κ1) is 14.5. The summed E-state index contributed by atoms with van der Waals surface area (Å²) in [6.45, 7) is -1.18. The number of halogens is 4. The second-order valence-corrected chi connectivity index (χ2v) is 3.30. The summed E-state index contributed by atoms with van der Waals surface area (Å²) in [5, 5.41) is 0. The number of hydrogen-bond donors (Lipinski definition) is 0. The molecule has 0 atom stereocenters. The molecule has 0 N–H and O–H groups in total. The van der Waals surface area contributed by atoms with E-state index in [-0.39, 0.29) is 18.9 Å².